The van der Waals surface area contributed by atoms with Gasteiger partial charge in [0.2, 0.25) is 5.91 Å². The Hall–Kier alpha value is -2.10. The van der Waals surface area contributed by atoms with Gasteiger partial charge in [-0.2, -0.15) is 0 Å². The van der Waals surface area contributed by atoms with Crippen molar-refractivity contribution in [1.29, 1.82) is 0 Å². The number of nitrogens with zero attached hydrogens (tertiary/aromatic N) is 1. The van der Waals surface area contributed by atoms with Crippen LogP contribution in [0.15, 0.2) is 54.6 Å². The first-order chi connectivity index (χ1) is 11.0. The Kier molecular flexibility index (Phi) is 6.39. The van der Waals surface area contributed by atoms with Gasteiger partial charge in [-0.1, -0.05) is 48.0 Å². The fraction of sp³-hybridized carbons (Fsp3) is 0.211. The molecule has 1 amide bonds. The lowest BCUT2D eigenvalue weighted by molar-refractivity contribution is -0.116. The molecule has 0 atom stereocenters. The number of hydrogen-bond acceptors (Lipinski definition) is 2. The van der Waals surface area contributed by atoms with Crippen molar-refractivity contribution in [3.05, 3.63) is 76.3 Å². The number of nitrogens with one attached hydrogen (secondary N) is 1. The summed E-state index contributed by atoms with van der Waals surface area (Å²) in [7, 11) is 4.08. The van der Waals surface area contributed by atoms with E-state index in [-0.39, 0.29) is 5.91 Å². The minimum Gasteiger partial charge on any atom is -0.348 e. The predicted molar refractivity (Wildman–Crippen MR) is 96.2 cm³/mol. The van der Waals surface area contributed by atoms with Crippen molar-refractivity contribution in [2.45, 2.75) is 13.1 Å². The van der Waals surface area contributed by atoms with Crippen LogP contribution < -0.4 is 5.32 Å². The molecule has 4 heteroatoms. The van der Waals surface area contributed by atoms with E-state index >= 15 is 0 Å². The lowest BCUT2D eigenvalue weighted by Crippen LogP contribution is -2.20. The summed E-state index contributed by atoms with van der Waals surface area (Å²) in [4.78, 5) is 14.0. The molecule has 0 aliphatic rings. The zero-order valence-electron chi connectivity index (χ0n) is 13.4. The molecule has 120 valence electrons. The van der Waals surface area contributed by atoms with Gasteiger partial charge in [-0.05, 0) is 49.0 Å². The van der Waals surface area contributed by atoms with Gasteiger partial charge < -0.3 is 10.2 Å². The maximum absolute atomic E-state index is 11.8. The van der Waals surface area contributed by atoms with Crippen molar-refractivity contribution in [2.24, 2.45) is 0 Å². The maximum atomic E-state index is 11.8. The van der Waals surface area contributed by atoms with Crippen LogP contribution in [0, 0.1) is 0 Å². The second-order valence-corrected chi connectivity index (χ2v) is 6.10. The quantitative estimate of drug-likeness (QED) is 0.819. The first-order valence-electron chi connectivity index (χ1n) is 7.47. The Morgan fingerprint density at radius 3 is 2.48 bits per heavy atom. The molecule has 2 aromatic carbocycles. The summed E-state index contributed by atoms with van der Waals surface area (Å²) in [5, 5.41) is 3.53. The average Bonchev–Trinajstić information content (AvgIpc) is 2.52. The zero-order valence-corrected chi connectivity index (χ0v) is 14.2. The Balaban J connectivity index is 1.84. The summed E-state index contributed by atoms with van der Waals surface area (Å²) in [6.45, 7) is 1.43. The highest BCUT2D eigenvalue weighted by Gasteiger charge is 1.99. The van der Waals surface area contributed by atoms with E-state index in [1.165, 1.54) is 11.6 Å². The molecule has 0 radical (unpaired) electrons. The number of benzene rings is 2. The Bertz CT molecular complexity index is 678. The van der Waals surface area contributed by atoms with E-state index in [1.54, 1.807) is 12.1 Å². The van der Waals surface area contributed by atoms with Crippen LogP contribution in [0.25, 0.3) is 6.08 Å². The van der Waals surface area contributed by atoms with Gasteiger partial charge in [0.1, 0.15) is 0 Å². The summed E-state index contributed by atoms with van der Waals surface area (Å²) in [6, 6.07) is 15.6. The zero-order chi connectivity index (χ0) is 16.7. The summed E-state index contributed by atoms with van der Waals surface area (Å²) < 4.78 is 0. The molecule has 0 bridgehead atoms. The Labute approximate surface area is 142 Å². The molecule has 0 spiro atoms. The average molecular weight is 329 g/mol. The topological polar surface area (TPSA) is 32.3 Å². The lowest BCUT2D eigenvalue weighted by atomic mass is 10.1. The van der Waals surface area contributed by atoms with Crippen molar-refractivity contribution in [3.8, 4) is 0 Å². The van der Waals surface area contributed by atoms with Crippen LogP contribution in [0.3, 0.4) is 0 Å². The number of carbonyl (C=O) groups excluding carboxylic acids is 1. The summed E-state index contributed by atoms with van der Waals surface area (Å²) in [6.07, 6.45) is 3.27. The second kappa shape index (κ2) is 8.51. The lowest BCUT2D eigenvalue weighted by Gasteiger charge is -2.10. The highest BCUT2D eigenvalue weighted by Crippen LogP contribution is 2.11. The Morgan fingerprint density at radius 2 is 1.83 bits per heavy atom. The minimum absolute atomic E-state index is 0.123. The summed E-state index contributed by atoms with van der Waals surface area (Å²) >= 11 is 5.91. The maximum Gasteiger partial charge on any atom is 0.244 e. The van der Waals surface area contributed by atoms with Crippen LogP contribution in [-0.2, 0) is 17.9 Å². The normalized spacial score (nSPS) is 11.1. The molecule has 0 aliphatic heterocycles. The SMILES string of the molecule is CN(C)Cc1ccc(CNC(=O)/C=C/c2cccc(Cl)c2)cc1. The first-order valence-corrected chi connectivity index (χ1v) is 7.85. The molecule has 0 saturated heterocycles. The van der Waals surface area contributed by atoms with Gasteiger partial charge >= 0.3 is 0 Å². The smallest absolute Gasteiger partial charge is 0.244 e. The third-order valence-corrected chi connectivity index (χ3v) is 3.50. The van der Waals surface area contributed by atoms with Crippen LogP contribution in [0.5, 0.6) is 0 Å². The summed E-state index contributed by atoms with van der Waals surface area (Å²) in [5.74, 6) is -0.123. The van der Waals surface area contributed by atoms with Gasteiger partial charge in [0.15, 0.2) is 0 Å². The fourth-order valence-corrected chi connectivity index (χ4v) is 2.36. The van der Waals surface area contributed by atoms with Crippen LogP contribution in [0.2, 0.25) is 5.02 Å². The molecule has 3 nitrogen and oxygen atoms in total. The standard InChI is InChI=1S/C19H21ClN2O/c1-22(2)14-17-8-6-16(7-9-17)13-21-19(23)11-10-15-4-3-5-18(20)12-15/h3-12H,13-14H2,1-2H3,(H,21,23)/b11-10+. The van der Waals surface area contributed by atoms with E-state index in [4.69, 9.17) is 11.6 Å². The van der Waals surface area contributed by atoms with Crippen molar-refractivity contribution >= 4 is 23.6 Å². The molecule has 1 N–H and O–H groups in total. The number of carbonyl (C=O) groups is 1. The van der Waals surface area contributed by atoms with E-state index in [2.05, 4.69) is 22.3 Å². The first kappa shape index (κ1) is 17.3. The second-order valence-electron chi connectivity index (χ2n) is 5.66. The molecule has 23 heavy (non-hydrogen) atoms. The highest BCUT2D eigenvalue weighted by atomic mass is 35.5. The predicted octanol–water partition coefficient (Wildman–Crippen LogP) is 3.73. The van der Waals surface area contributed by atoms with Crippen LogP contribution >= 0.6 is 11.6 Å². The molecule has 0 aromatic heterocycles. The molecule has 0 fully saturated rings. The van der Waals surface area contributed by atoms with Gasteiger partial charge in [-0.25, -0.2) is 0 Å². The van der Waals surface area contributed by atoms with Crippen LogP contribution in [0.4, 0.5) is 0 Å². The monoisotopic (exact) mass is 328 g/mol. The van der Waals surface area contributed by atoms with E-state index in [9.17, 15) is 4.79 Å². The third-order valence-electron chi connectivity index (χ3n) is 3.26. The molecule has 2 aromatic rings. The minimum atomic E-state index is -0.123. The number of hydrogen-bond donors (Lipinski definition) is 1. The third kappa shape index (κ3) is 6.27. The van der Waals surface area contributed by atoms with Gasteiger partial charge in [0, 0.05) is 24.2 Å². The molecule has 0 saturated carbocycles. The molecular weight excluding hydrogens is 308 g/mol. The van der Waals surface area contributed by atoms with E-state index in [1.807, 2.05) is 44.4 Å². The van der Waals surface area contributed by atoms with E-state index in [0.29, 0.717) is 11.6 Å². The molecule has 0 unspecified atom stereocenters. The van der Waals surface area contributed by atoms with Gasteiger partial charge in [0.25, 0.3) is 0 Å². The molecular formula is C19H21ClN2O. The van der Waals surface area contributed by atoms with E-state index < -0.39 is 0 Å². The van der Waals surface area contributed by atoms with Gasteiger partial charge in [0.05, 0.1) is 0 Å². The number of halogens is 1. The van der Waals surface area contributed by atoms with E-state index in [0.717, 1.165) is 17.7 Å². The van der Waals surface area contributed by atoms with Crippen molar-refractivity contribution < 1.29 is 4.79 Å². The van der Waals surface area contributed by atoms with Gasteiger partial charge in [-0.15, -0.1) is 0 Å². The number of rotatable bonds is 6. The fourth-order valence-electron chi connectivity index (χ4n) is 2.16. The Morgan fingerprint density at radius 1 is 1.13 bits per heavy atom. The molecule has 0 aliphatic carbocycles. The molecule has 0 heterocycles. The van der Waals surface area contributed by atoms with Crippen LogP contribution in [0.1, 0.15) is 16.7 Å². The van der Waals surface area contributed by atoms with Crippen molar-refractivity contribution in [3.63, 3.8) is 0 Å². The van der Waals surface area contributed by atoms with Crippen molar-refractivity contribution in [2.75, 3.05) is 14.1 Å². The summed E-state index contributed by atoms with van der Waals surface area (Å²) in [5.41, 5.74) is 3.24. The molecule has 2 rings (SSSR count). The van der Waals surface area contributed by atoms with Crippen molar-refractivity contribution in [1.82, 2.24) is 10.2 Å². The van der Waals surface area contributed by atoms with Crippen LogP contribution in [-0.4, -0.2) is 24.9 Å². The van der Waals surface area contributed by atoms with Gasteiger partial charge in [-0.3, -0.25) is 4.79 Å². The highest BCUT2D eigenvalue weighted by molar-refractivity contribution is 6.30. The number of amides is 1. The largest absolute Gasteiger partial charge is 0.348 e.